The van der Waals surface area contributed by atoms with Crippen LogP contribution in [-0.4, -0.2) is 23.8 Å². The highest BCUT2D eigenvalue weighted by Gasteiger charge is 2.42. The molecule has 0 aliphatic heterocycles. The summed E-state index contributed by atoms with van der Waals surface area (Å²) >= 11 is 0. The molecule has 1 N–H and O–H groups in total. The van der Waals surface area contributed by atoms with Crippen molar-refractivity contribution < 1.29 is 14.6 Å². The van der Waals surface area contributed by atoms with Crippen LogP contribution >= 0.6 is 0 Å². The predicted octanol–water partition coefficient (Wildman–Crippen LogP) is 3.21. The molecule has 1 aliphatic carbocycles. The van der Waals surface area contributed by atoms with Gasteiger partial charge in [0.25, 0.3) is 0 Å². The highest BCUT2D eigenvalue weighted by Crippen LogP contribution is 2.42. The molecule has 19 heavy (non-hydrogen) atoms. The lowest BCUT2D eigenvalue weighted by molar-refractivity contribution is -0.137. The number of aliphatic carboxylic acids is 1. The van der Waals surface area contributed by atoms with E-state index >= 15 is 0 Å². The zero-order valence-corrected chi connectivity index (χ0v) is 11.5. The maximum absolute atomic E-state index is 10.4. The van der Waals surface area contributed by atoms with Gasteiger partial charge in [-0.25, -0.2) is 0 Å². The quantitative estimate of drug-likeness (QED) is 0.782. The number of hydrogen-bond donors (Lipinski definition) is 1. The van der Waals surface area contributed by atoms with Crippen LogP contribution in [0.4, 0.5) is 0 Å². The zero-order valence-electron chi connectivity index (χ0n) is 11.5. The smallest absolute Gasteiger partial charge is 0.303 e. The predicted molar refractivity (Wildman–Crippen MR) is 74.3 cm³/mol. The van der Waals surface area contributed by atoms with Gasteiger partial charge in [0, 0.05) is 13.5 Å². The number of aryl methyl sites for hydroxylation is 2. The van der Waals surface area contributed by atoms with Crippen LogP contribution < -0.4 is 0 Å². The van der Waals surface area contributed by atoms with Gasteiger partial charge >= 0.3 is 5.97 Å². The van der Waals surface area contributed by atoms with Gasteiger partial charge < -0.3 is 9.84 Å². The fourth-order valence-corrected chi connectivity index (χ4v) is 2.38. The van der Waals surface area contributed by atoms with Gasteiger partial charge in [-0.05, 0) is 49.7 Å². The van der Waals surface area contributed by atoms with E-state index in [1.165, 1.54) is 24.0 Å². The molecule has 2 rings (SSSR count). The van der Waals surface area contributed by atoms with E-state index in [0.717, 1.165) is 19.3 Å². The number of rotatable bonds is 8. The Labute approximate surface area is 114 Å². The number of hydrogen-bond acceptors (Lipinski definition) is 2. The Balaban J connectivity index is 1.76. The van der Waals surface area contributed by atoms with E-state index in [1.54, 1.807) is 7.11 Å². The Kier molecular flexibility index (Phi) is 4.59. The lowest BCUT2D eigenvalue weighted by Gasteiger charge is -2.12. The molecule has 1 aliphatic rings. The summed E-state index contributed by atoms with van der Waals surface area (Å²) in [7, 11) is 1.80. The second-order valence-corrected chi connectivity index (χ2v) is 5.45. The number of ether oxygens (including phenoxy) is 1. The molecule has 1 fully saturated rings. The Morgan fingerprint density at radius 1 is 1.21 bits per heavy atom. The third-order valence-corrected chi connectivity index (χ3v) is 3.99. The molecule has 0 saturated heterocycles. The number of carbonyl (C=O) groups is 1. The van der Waals surface area contributed by atoms with E-state index < -0.39 is 5.97 Å². The van der Waals surface area contributed by atoms with Gasteiger partial charge in [0.2, 0.25) is 0 Å². The summed E-state index contributed by atoms with van der Waals surface area (Å²) in [5.41, 5.74) is 2.73. The fourth-order valence-electron chi connectivity index (χ4n) is 2.38. The minimum Gasteiger partial charge on any atom is -0.481 e. The molecular weight excluding hydrogens is 240 g/mol. The van der Waals surface area contributed by atoms with E-state index in [2.05, 4.69) is 24.3 Å². The van der Waals surface area contributed by atoms with Gasteiger partial charge in [0.1, 0.15) is 0 Å². The lowest BCUT2D eigenvalue weighted by atomic mass is 10.0. The molecule has 1 saturated carbocycles. The summed E-state index contributed by atoms with van der Waals surface area (Å²) in [6.07, 6.45) is 6.34. The van der Waals surface area contributed by atoms with Gasteiger partial charge in [-0.15, -0.1) is 0 Å². The van der Waals surface area contributed by atoms with Gasteiger partial charge in [-0.1, -0.05) is 24.3 Å². The molecule has 0 spiro atoms. The summed E-state index contributed by atoms with van der Waals surface area (Å²) in [5, 5.41) is 8.60. The summed E-state index contributed by atoms with van der Waals surface area (Å²) < 4.78 is 5.51. The number of carboxylic acids is 1. The van der Waals surface area contributed by atoms with Crippen molar-refractivity contribution in [3.05, 3.63) is 35.4 Å². The monoisotopic (exact) mass is 262 g/mol. The summed E-state index contributed by atoms with van der Waals surface area (Å²) in [4.78, 5) is 10.4. The van der Waals surface area contributed by atoms with Crippen LogP contribution in [0, 0.1) is 0 Å². The Hall–Kier alpha value is -1.35. The molecule has 3 heteroatoms. The first-order valence-electron chi connectivity index (χ1n) is 6.98. The summed E-state index contributed by atoms with van der Waals surface area (Å²) in [6.45, 7) is 0. The molecule has 0 bridgehead atoms. The van der Waals surface area contributed by atoms with E-state index in [0.29, 0.717) is 6.42 Å². The SMILES string of the molecule is COC1(CCc2ccc(CCCC(=O)O)cc2)CC1. The second kappa shape index (κ2) is 6.20. The third-order valence-electron chi connectivity index (χ3n) is 3.99. The van der Waals surface area contributed by atoms with E-state index in [4.69, 9.17) is 9.84 Å². The van der Waals surface area contributed by atoms with E-state index in [1.807, 2.05) is 0 Å². The van der Waals surface area contributed by atoms with Gasteiger partial charge in [-0.2, -0.15) is 0 Å². The van der Waals surface area contributed by atoms with E-state index in [-0.39, 0.29) is 12.0 Å². The maximum atomic E-state index is 10.4. The molecule has 1 aromatic rings. The molecule has 0 heterocycles. The minimum absolute atomic E-state index is 0.167. The fraction of sp³-hybridized carbons (Fsp3) is 0.562. The first-order valence-corrected chi connectivity index (χ1v) is 6.98. The first kappa shape index (κ1) is 14.1. The molecule has 0 unspecified atom stereocenters. The molecule has 3 nitrogen and oxygen atoms in total. The third kappa shape index (κ3) is 4.35. The molecule has 1 aromatic carbocycles. The van der Waals surface area contributed by atoms with Crippen LogP contribution in [0.25, 0.3) is 0 Å². The maximum Gasteiger partial charge on any atom is 0.303 e. The van der Waals surface area contributed by atoms with Crippen LogP contribution in [0.3, 0.4) is 0 Å². The van der Waals surface area contributed by atoms with Crippen LogP contribution in [0.2, 0.25) is 0 Å². The number of methoxy groups -OCH3 is 1. The van der Waals surface area contributed by atoms with Crippen molar-refractivity contribution in [1.82, 2.24) is 0 Å². The van der Waals surface area contributed by atoms with Crippen LogP contribution in [0.1, 0.15) is 43.2 Å². The minimum atomic E-state index is -0.717. The molecule has 0 amide bonds. The first-order chi connectivity index (χ1) is 9.13. The molecule has 0 radical (unpaired) electrons. The largest absolute Gasteiger partial charge is 0.481 e. The standard InChI is InChI=1S/C16H22O3/c1-19-16(11-12-16)10-9-14-7-5-13(6-8-14)3-2-4-15(17)18/h5-8H,2-4,9-12H2,1H3,(H,17,18). The summed E-state index contributed by atoms with van der Waals surface area (Å²) in [6, 6.07) is 8.54. The van der Waals surface area contributed by atoms with Crippen molar-refractivity contribution in [3.8, 4) is 0 Å². The average Bonchev–Trinajstić information content (AvgIpc) is 3.18. The molecule has 104 valence electrons. The van der Waals surface area contributed by atoms with Crippen LogP contribution in [0.5, 0.6) is 0 Å². The van der Waals surface area contributed by atoms with E-state index in [9.17, 15) is 4.79 Å². The Morgan fingerprint density at radius 3 is 2.26 bits per heavy atom. The number of carboxylic acid groups (broad SMARTS) is 1. The molecule has 0 atom stereocenters. The van der Waals surface area contributed by atoms with Crippen molar-refractivity contribution in [2.45, 2.75) is 50.5 Å². The van der Waals surface area contributed by atoms with Crippen molar-refractivity contribution in [3.63, 3.8) is 0 Å². The molecular formula is C16H22O3. The topological polar surface area (TPSA) is 46.5 Å². The Morgan fingerprint density at radius 2 is 1.79 bits per heavy atom. The number of benzene rings is 1. The highest BCUT2D eigenvalue weighted by atomic mass is 16.5. The van der Waals surface area contributed by atoms with Crippen molar-refractivity contribution in [2.75, 3.05) is 7.11 Å². The zero-order chi connectivity index (χ0) is 13.7. The van der Waals surface area contributed by atoms with Crippen LogP contribution in [-0.2, 0) is 22.4 Å². The normalized spacial score (nSPS) is 16.3. The Bertz CT molecular complexity index is 418. The van der Waals surface area contributed by atoms with Gasteiger partial charge in [0.05, 0.1) is 5.60 Å². The van der Waals surface area contributed by atoms with Gasteiger partial charge in [0.15, 0.2) is 0 Å². The van der Waals surface area contributed by atoms with Crippen molar-refractivity contribution in [2.24, 2.45) is 0 Å². The second-order valence-electron chi connectivity index (χ2n) is 5.45. The van der Waals surface area contributed by atoms with Gasteiger partial charge in [-0.3, -0.25) is 4.79 Å². The summed E-state index contributed by atoms with van der Waals surface area (Å²) in [5.74, 6) is -0.717. The van der Waals surface area contributed by atoms with Crippen molar-refractivity contribution in [1.29, 1.82) is 0 Å². The average molecular weight is 262 g/mol. The lowest BCUT2D eigenvalue weighted by Crippen LogP contribution is -2.12. The highest BCUT2D eigenvalue weighted by molar-refractivity contribution is 5.66. The van der Waals surface area contributed by atoms with Crippen LogP contribution in [0.15, 0.2) is 24.3 Å². The van der Waals surface area contributed by atoms with Crippen molar-refractivity contribution >= 4 is 5.97 Å². The molecule has 0 aromatic heterocycles.